The zero-order valence-electron chi connectivity index (χ0n) is 62.4. The molecule has 0 saturated heterocycles. The highest BCUT2D eigenvalue weighted by Gasteiger charge is 2.44. The standard InChI is InChI=1S/C101H102N2/c1-9-11-13-15-17-19-21-28-58-101(59-29-22-20-18-16-14-12-10-2)95-61-70(4)41-52-87(95)88-54-45-77(65-96(88)101)76-44-53-84-86-57-50-82(68-94(86)100(7,8)92(84)64-76)102(81-49-56-85-83-51-40-69(3)60-91(83)99(5,6)93(85)67-81)79-47-42-72(43-48-79)78-46-55-90-89-38-26-27-39-97(89)103(98(90)66-78)80-37-31-36-75(63-80)74-35-30-34-73(62-74)71-32-24-23-25-33-71/h23-27,30-57,60-68H,9-22,28-29,58-59H2,1-8H3. The Morgan fingerprint density at radius 1 is 0.272 bits per heavy atom. The maximum atomic E-state index is 2.67. The van der Waals surface area contributed by atoms with E-state index in [1.54, 1.807) is 11.1 Å². The lowest BCUT2D eigenvalue weighted by atomic mass is 9.70. The van der Waals surface area contributed by atoms with Crippen molar-refractivity contribution in [3.8, 4) is 83.6 Å². The summed E-state index contributed by atoms with van der Waals surface area (Å²) < 4.78 is 2.46. The molecule has 12 aromatic carbocycles. The zero-order chi connectivity index (χ0) is 70.4. The number of aromatic nitrogens is 1. The van der Waals surface area contributed by atoms with Crippen molar-refractivity contribution in [2.24, 2.45) is 0 Å². The zero-order valence-corrected chi connectivity index (χ0v) is 62.4. The molecule has 16 rings (SSSR count). The third-order valence-electron chi connectivity index (χ3n) is 24.3. The van der Waals surface area contributed by atoms with E-state index in [2.05, 4.69) is 320 Å². The van der Waals surface area contributed by atoms with Crippen LogP contribution >= 0.6 is 0 Å². The smallest absolute Gasteiger partial charge is 0.0547 e. The van der Waals surface area contributed by atoms with Gasteiger partial charge in [0, 0.05) is 49.8 Å². The normalized spacial score (nSPS) is 14.0. The molecule has 0 bridgehead atoms. The van der Waals surface area contributed by atoms with Gasteiger partial charge >= 0.3 is 0 Å². The fraction of sp³-hybridized carbons (Fsp3) is 0.287. The van der Waals surface area contributed by atoms with Gasteiger partial charge in [0.05, 0.1) is 11.0 Å². The van der Waals surface area contributed by atoms with Gasteiger partial charge in [-0.25, -0.2) is 0 Å². The Balaban J connectivity index is 0.741. The van der Waals surface area contributed by atoms with Crippen LogP contribution in [-0.2, 0) is 16.2 Å². The first-order chi connectivity index (χ1) is 50.3. The largest absolute Gasteiger partial charge is 0.310 e. The Labute approximate surface area is 614 Å². The first-order valence-corrected chi connectivity index (χ1v) is 39.3. The number of para-hydroxylation sites is 1. The minimum Gasteiger partial charge on any atom is -0.310 e. The number of aryl methyl sites for hydroxylation is 2. The highest BCUT2D eigenvalue weighted by atomic mass is 15.1. The first kappa shape index (κ1) is 67.7. The Hall–Kier alpha value is -9.76. The lowest BCUT2D eigenvalue weighted by Crippen LogP contribution is -2.25. The molecular formula is C101H102N2. The van der Waals surface area contributed by atoms with Crippen LogP contribution in [0.3, 0.4) is 0 Å². The molecule has 2 heteroatoms. The van der Waals surface area contributed by atoms with Crippen LogP contribution < -0.4 is 4.90 Å². The fourth-order valence-electron chi connectivity index (χ4n) is 18.6. The van der Waals surface area contributed by atoms with Crippen LogP contribution in [0.5, 0.6) is 0 Å². The predicted molar refractivity (Wildman–Crippen MR) is 442 cm³/mol. The van der Waals surface area contributed by atoms with Crippen LogP contribution in [0.15, 0.2) is 255 Å². The number of rotatable bonds is 26. The van der Waals surface area contributed by atoms with Gasteiger partial charge in [0.25, 0.3) is 0 Å². The number of unbranched alkanes of at least 4 members (excludes halogenated alkanes) is 14. The molecule has 0 amide bonds. The van der Waals surface area contributed by atoms with Crippen LogP contribution in [0, 0.1) is 13.8 Å². The van der Waals surface area contributed by atoms with Crippen molar-refractivity contribution in [1.82, 2.24) is 4.57 Å². The summed E-state index contributed by atoms with van der Waals surface area (Å²) in [6.45, 7) is 19.0. The van der Waals surface area contributed by atoms with E-state index in [-0.39, 0.29) is 16.2 Å². The van der Waals surface area contributed by atoms with Gasteiger partial charge in [-0.3, -0.25) is 0 Å². The fourth-order valence-corrected chi connectivity index (χ4v) is 18.6. The molecule has 0 atom stereocenters. The molecule has 0 spiro atoms. The summed E-state index contributed by atoms with van der Waals surface area (Å²) in [6, 6.07) is 98.2. The number of hydrogen-bond donors (Lipinski definition) is 0. The van der Waals surface area contributed by atoms with Crippen molar-refractivity contribution in [3.05, 3.63) is 299 Å². The monoisotopic (exact) mass is 1340 g/mol. The highest BCUT2D eigenvalue weighted by Crippen LogP contribution is 2.58. The maximum Gasteiger partial charge on any atom is 0.0547 e. The SMILES string of the molecule is CCCCCCCCCCC1(CCCCCCCCCC)c2cc(C)ccc2-c2ccc(-c3ccc4c(c3)C(C)(C)c3cc(N(c5ccc(-c6ccc7c8ccccc8n(-c8cccc(-c9cccc(-c%10ccccc%10)c9)c8)c7c6)cc5)c5ccc6c(c5)C(C)(C)c5cc(C)ccc5-6)ccc3-4)cc21. The van der Waals surface area contributed by atoms with Crippen LogP contribution in [0.2, 0.25) is 0 Å². The molecule has 0 fully saturated rings. The average Bonchev–Trinajstić information content (AvgIpc) is 1.58. The molecule has 1 aromatic heterocycles. The Morgan fingerprint density at radius 2 is 0.650 bits per heavy atom. The summed E-state index contributed by atoms with van der Waals surface area (Å²) in [4.78, 5) is 2.53. The van der Waals surface area contributed by atoms with Gasteiger partial charge in [-0.05, 0) is 217 Å². The molecule has 13 aromatic rings. The quantitative estimate of drug-likeness (QED) is 0.0491. The molecule has 2 nitrogen and oxygen atoms in total. The third kappa shape index (κ3) is 12.6. The molecule has 0 radical (unpaired) electrons. The Morgan fingerprint density at radius 3 is 1.24 bits per heavy atom. The topological polar surface area (TPSA) is 8.17 Å². The lowest BCUT2D eigenvalue weighted by Gasteiger charge is -2.33. The van der Waals surface area contributed by atoms with Gasteiger partial charge in [-0.1, -0.05) is 331 Å². The molecule has 516 valence electrons. The van der Waals surface area contributed by atoms with Gasteiger partial charge in [-0.15, -0.1) is 0 Å². The van der Waals surface area contributed by atoms with E-state index in [4.69, 9.17) is 0 Å². The Bertz CT molecular complexity index is 5260. The number of nitrogens with zero attached hydrogens (tertiary/aromatic N) is 2. The van der Waals surface area contributed by atoms with Crippen molar-refractivity contribution in [3.63, 3.8) is 0 Å². The van der Waals surface area contributed by atoms with Gasteiger partial charge < -0.3 is 9.47 Å². The van der Waals surface area contributed by atoms with Gasteiger partial charge in [0.2, 0.25) is 0 Å². The summed E-state index contributed by atoms with van der Waals surface area (Å²) in [5.74, 6) is 0. The van der Waals surface area contributed by atoms with Crippen LogP contribution in [0.25, 0.3) is 105 Å². The van der Waals surface area contributed by atoms with E-state index in [0.717, 1.165) is 22.7 Å². The van der Waals surface area contributed by atoms with Gasteiger partial charge in [0.15, 0.2) is 0 Å². The third-order valence-corrected chi connectivity index (χ3v) is 24.3. The molecule has 3 aliphatic carbocycles. The summed E-state index contributed by atoms with van der Waals surface area (Å²) >= 11 is 0. The molecule has 0 aliphatic heterocycles. The second kappa shape index (κ2) is 28.5. The summed E-state index contributed by atoms with van der Waals surface area (Å²) in [7, 11) is 0. The van der Waals surface area contributed by atoms with Crippen molar-refractivity contribution in [2.45, 2.75) is 187 Å². The summed E-state index contributed by atoms with van der Waals surface area (Å²) in [6.07, 6.45) is 24.0. The molecule has 3 aliphatic rings. The van der Waals surface area contributed by atoms with Gasteiger partial charge in [0.1, 0.15) is 0 Å². The second-order valence-electron chi connectivity index (χ2n) is 31.8. The van der Waals surface area contributed by atoms with E-state index in [1.165, 1.54) is 249 Å². The summed E-state index contributed by atoms with van der Waals surface area (Å²) in [5.41, 5.74) is 36.1. The van der Waals surface area contributed by atoms with E-state index >= 15 is 0 Å². The molecule has 103 heavy (non-hydrogen) atoms. The predicted octanol–water partition coefficient (Wildman–Crippen LogP) is 29.5. The number of hydrogen-bond acceptors (Lipinski definition) is 1. The van der Waals surface area contributed by atoms with Crippen molar-refractivity contribution < 1.29 is 0 Å². The molecule has 0 N–H and O–H groups in total. The molecule has 1 heterocycles. The highest BCUT2D eigenvalue weighted by molar-refractivity contribution is 6.10. The average molecular weight is 1340 g/mol. The van der Waals surface area contributed by atoms with Gasteiger partial charge in [-0.2, -0.15) is 0 Å². The van der Waals surface area contributed by atoms with Crippen LogP contribution in [-0.4, -0.2) is 4.57 Å². The number of anilines is 3. The van der Waals surface area contributed by atoms with Crippen molar-refractivity contribution >= 4 is 38.9 Å². The minimum atomic E-state index is -0.261. The van der Waals surface area contributed by atoms with E-state index < -0.39 is 0 Å². The molecule has 0 saturated carbocycles. The summed E-state index contributed by atoms with van der Waals surface area (Å²) in [5, 5.41) is 2.49. The Kier molecular flexibility index (Phi) is 18.7. The first-order valence-electron chi connectivity index (χ1n) is 39.3. The maximum absolute atomic E-state index is 2.67. The van der Waals surface area contributed by atoms with E-state index in [0.29, 0.717) is 0 Å². The second-order valence-corrected chi connectivity index (χ2v) is 31.8. The van der Waals surface area contributed by atoms with Crippen molar-refractivity contribution in [2.75, 3.05) is 4.90 Å². The van der Waals surface area contributed by atoms with Crippen LogP contribution in [0.4, 0.5) is 17.1 Å². The number of fused-ring (bicyclic) bond motifs is 12. The van der Waals surface area contributed by atoms with Crippen LogP contribution in [0.1, 0.15) is 202 Å². The van der Waals surface area contributed by atoms with E-state index in [9.17, 15) is 0 Å². The number of benzene rings is 12. The molecule has 0 unspecified atom stereocenters. The van der Waals surface area contributed by atoms with Crippen molar-refractivity contribution in [1.29, 1.82) is 0 Å². The van der Waals surface area contributed by atoms with E-state index in [1.807, 2.05) is 0 Å². The lowest BCUT2D eigenvalue weighted by molar-refractivity contribution is 0.397. The molecular weight excluding hydrogens is 1240 g/mol. The minimum absolute atomic E-state index is 0.0203.